The zero-order valence-corrected chi connectivity index (χ0v) is 10.2. The first-order valence-corrected chi connectivity index (χ1v) is 5.25. The van der Waals surface area contributed by atoms with E-state index in [1.807, 2.05) is 0 Å². The monoisotopic (exact) mass is 279 g/mol. The summed E-state index contributed by atoms with van der Waals surface area (Å²) in [5.41, 5.74) is -3.18. The average molecular weight is 279 g/mol. The number of anilines is 1. The Morgan fingerprint density at radius 1 is 1.53 bits per heavy atom. The van der Waals surface area contributed by atoms with E-state index in [-0.39, 0.29) is 12.5 Å². The second-order valence-corrected chi connectivity index (χ2v) is 3.70. The van der Waals surface area contributed by atoms with Gasteiger partial charge in [0.2, 0.25) is 17.4 Å². The van der Waals surface area contributed by atoms with Gasteiger partial charge in [-0.1, -0.05) is 0 Å². The predicted octanol–water partition coefficient (Wildman–Crippen LogP) is 1.69. The van der Waals surface area contributed by atoms with E-state index in [4.69, 9.17) is 9.84 Å². The van der Waals surface area contributed by atoms with Crippen LogP contribution in [-0.2, 0) is 4.79 Å². The summed E-state index contributed by atoms with van der Waals surface area (Å²) in [5, 5.41) is 10.5. The van der Waals surface area contributed by atoms with E-state index in [0.29, 0.717) is 6.92 Å². The minimum Gasteiger partial charge on any atom is -0.479 e. The molecule has 1 atom stereocenters. The third-order valence-corrected chi connectivity index (χ3v) is 2.28. The lowest BCUT2D eigenvalue weighted by Crippen LogP contribution is -2.55. The number of rotatable bonds is 5. The zero-order valence-electron chi connectivity index (χ0n) is 10.2. The second-order valence-electron chi connectivity index (χ2n) is 3.70. The summed E-state index contributed by atoms with van der Waals surface area (Å²) in [4.78, 5) is 18.0. The number of hydrogen-bond acceptors (Lipinski definition) is 5. The first-order valence-electron chi connectivity index (χ1n) is 5.25. The summed E-state index contributed by atoms with van der Waals surface area (Å²) in [6, 6.07) is 1.35. The van der Waals surface area contributed by atoms with Crippen LogP contribution in [0.25, 0.3) is 0 Å². The number of carbonyl (C=O) groups is 1. The lowest BCUT2D eigenvalue weighted by Gasteiger charge is -2.28. The van der Waals surface area contributed by atoms with Gasteiger partial charge in [0.1, 0.15) is 0 Å². The maximum atomic E-state index is 12.8. The van der Waals surface area contributed by atoms with Gasteiger partial charge in [0, 0.05) is 12.3 Å². The Kier molecular flexibility index (Phi) is 4.17. The van der Waals surface area contributed by atoms with E-state index >= 15 is 0 Å². The van der Waals surface area contributed by atoms with Gasteiger partial charge >= 0.3 is 12.1 Å². The fourth-order valence-corrected chi connectivity index (χ4v) is 1.10. The van der Waals surface area contributed by atoms with Gasteiger partial charge in [0.15, 0.2) is 0 Å². The summed E-state index contributed by atoms with van der Waals surface area (Å²) in [5.74, 6) is -2.51. The van der Waals surface area contributed by atoms with Crippen LogP contribution in [0, 0.1) is 0 Å². The summed E-state index contributed by atoms with van der Waals surface area (Å²) in [6.45, 7) is 2.43. The smallest absolute Gasteiger partial charge is 0.422 e. The molecule has 9 heteroatoms. The van der Waals surface area contributed by atoms with Crippen molar-refractivity contribution in [1.29, 1.82) is 0 Å². The molecule has 1 heterocycles. The highest BCUT2D eigenvalue weighted by Gasteiger charge is 2.58. The maximum absolute atomic E-state index is 12.8. The second kappa shape index (κ2) is 5.29. The third kappa shape index (κ3) is 3.24. The minimum atomic E-state index is -5.01. The molecule has 0 aromatic carbocycles. The molecule has 1 rings (SSSR count). The summed E-state index contributed by atoms with van der Waals surface area (Å²) in [6.07, 6.45) is -3.84. The fourth-order valence-electron chi connectivity index (χ4n) is 1.10. The lowest BCUT2D eigenvalue weighted by molar-refractivity contribution is -0.193. The Labute approximate surface area is 106 Å². The molecule has 6 nitrogen and oxygen atoms in total. The highest BCUT2D eigenvalue weighted by molar-refractivity contribution is 5.82. The Morgan fingerprint density at radius 3 is 2.63 bits per heavy atom. The van der Waals surface area contributed by atoms with Crippen molar-refractivity contribution in [3.8, 4) is 5.88 Å². The number of alkyl halides is 3. The minimum absolute atomic E-state index is 0.0508. The summed E-state index contributed by atoms with van der Waals surface area (Å²) in [7, 11) is 0. The van der Waals surface area contributed by atoms with Gasteiger partial charge < -0.3 is 15.2 Å². The lowest BCUT2D eigenvalue weighted by atomic mass is 10.0. The number of carboxylic acids is 1. The molecule has 1 aromatic rings. The van der Waals surface area contributed by atoms with E-state index < -0.39 is 23.6 Å². The molecule has 0 aliphatic carbocycles. The molecule has 0 bridgehead atoms. The number of nitrogens with one attached hydrogen (secondary N) is 1. The molecule has 1 unspecified atom stereocenters. The molecule has 0 saturated heterocycles. The van der Waals surface area contributed by atoms with Crippen LogP contribution >= 0.6 is 0 Å². The molecule has 0 aliphatic heterocycles. The van der Waals surface area contributed by atoms with Crippen molar-refractivity contribution in [3.63, 3.8) is 0 Å². The number of hydrogen-bond donors (Lipinski definition) is 2. The van der Waals surface area contributed by atoms with Crippen LogP contribution in [-0.4, -0.2) is 39.4 Å². The fraction of sp³-hybridized carbons (Fsp3) is 0.500. The van der Waals surface area contributed by atoms with Crippen LogP contribution in [0.1, 0.15) is 13.8 Å². The molecule has 0 fully saturated rings. The molecule has 0 radical (unpaired) electrons. The average Bonchev–Trinajstić information content (AvgIpc) is 2.28. The van der Waals surface area contributed by atoms with Crippen molar-refractivity contribution < 1.29 is 27.8 Å². The molecule has 0 spiro atoms. The molecular formula is C10H12F3N3O3. The van der Waals surface area contributed by atoms with Crippen LogP contribution in [0.4, 0.5) is 19.1 Å². The van der Waals surface area contributed by atoms with Crippen LogP contribution in [0.3, 0.4) is 0 Å². The van der Waals surface area contributed by atoms with Gasteiger partial charge in [0.05, 0.1) is 6.61 Å². The Bertz CT molecular complexity index is 467. The van der Waals surface area contributed by atoms with Gasteiger partial charge in [-0.3, -0.25) is 0 Å². The van der Waals surface area contributed by atoms with Crippen molar-refractivity contribution >= 4 is 11.9 Å². The number of ether oxygens (including phenoxy) is 1. The van der Waals surface area contributed by atoms with Crippen molar-refractivity contribution in [3.05, 3.63) is 12.3 Å². The Hall–Kier alpha value is -2.06. The number of halogens is 3. The molecule has 1 aromatic heterocycles. The quantitative estimate of drug-likeness (QED) is 0.853. The highest BCUT2D eigenvalue weighted by atomic mass is 19.4. The van der Waals surface area contributed by atoms with Gasteiger partial charge in [0.25, 0.3) is 0 Å². The predicted molar refractivity (Wildman–Crippen MR) is 58.9 cm³/mol. The van der Waals surface area contributed by atoms with Gasteiger partial charge in [-0.2, -0.15) is 18.2 Å². The van der Waals surface area contributed by atoms with Crippen molar-refractivity contribution in [2.75, 3.05) is 11.9 Å². The normalized spacial score (nSPS) is 14.6. The number of carboxylic acid groups (broad SMARTS) is 1. The largest absolute Gasteiger partial charge is 0.479 e. The number of nitrogens with zero attached hydrogens (tertiary/aromatic N) is 2. The van der Waals surface area contributed by atoms with E-state index in [9.17, 15) is 18.0 Å². The van der Waals surface area contributed by atoms with E-state index in [2.05, 4.69) is 9.97 Å². The maximum Gasteiger partial charge on any atom is 0.422 e. The standard InChI is InChI=1S/C10H12F3N3O3/c1-3-19-6-4-5-14-8(15-6)16-9(2,7(17)18)10(11,12)13/h4-5H,3H2,1-2H3,(H,17,18)(H,14,15,16). The molecule has 106 valence electrons. The SMILES string of the molecule is CCOc1ccnc(NC(C)(C(=O)O)C(F)(F)F)n1. The molecule has 0 saturated carbocycles. The zero-order chi connectivity index (χ0) is 14.7. The Morgan fingerprint density at radius 2 is 2.16 bits per heavy atom. The summed E-state index contributed by atoms with van der Waals surface area (Å²) < 4.78 is 43.3. The van der Waals surface area contributed by atoms with Crippen LogP contribution in [0.15, 0.2) is 12.3 Å². The molecule has 2 N–H and O–H groups in total. The van der Waals surface area contributed by atoms with E-state index in [1.54, 1.807) is 12.2 Å². The summed E-state index contributed by atoms with van der Waals surface area (Å²) >= 11 is 0. The topological polar surface area (TPSA) is 84.3 Å². The van der Waals surface area contributed by atoms with Gasteiger partial charge in [-0.15, -0.1) is 0 Å². The van der Waals surface area contributed by atoms with Crippen LogP contribution in [0.2, 0.25) is 0 Å². The molecule has 0 aliphatic rings. The van der Waals surface area contributed by atoms with Crippen molar-refractivity contribution in [2.24, 2.45) is 0 Å². The first kappa shape index (κ1) is 15.0. The molecule has 0 amide bonds. The third-order valence-electron chi connectivity index (χ3n) is 2.28. The van der Waals surface area contributed by atoms with Crippen molar-refractivity contribution in [2.45, 2.75) is 25.6 Å². The first-order chi connectivity index (χ1) is 8.70. The van der Waals surface area contributed by atoms with Crippen LogP contribution in [0.5, 0.6) is 5.88 Å². The van der Waals surface area contributed by atoms with E-state index in [1.165, 1.54) is 12.3 Å². The number of aliphatic carboxylic acids is 1. The van der Waals surface area contributed by atoms with Crippen molar-refractivity contribution in [1.82, 2.24) is 9.97 Å². The van der Waals surface area contributed by atoms with E-state index in [0.717, 1.165) is 0 Å². The van der Waals surface area contributed by atoms with Crippen LogP contribution < -0.4 is 10.1 Å². The molecular weight excluding hydrogens is 267 g/mol. The molecule has 19 heavy (non-hydrogen) atoms. The highest BCUT2D eigenvalue weighted by Crippen LogP contribution is 2.33. The number of aromatic nitrogens is 2. The van der Waals surface area contributed by atoms with Gasteiger partial charge in [-0.05, 0) is 13.8 Å². The Balaban J connectivity index is 3.04. The van der Waals surface area contributed by atoms with Gasteiger partial charge in [-0.25, -0.2) is 9.78 Å².